The Hall–Kier alpha value is -1.65. The Morgan fingerprint density at radius 3 is 2.07 bits per heavy atom. The molecule has 14 heavy (non-hydrogen) atoms. The Kier molecular flexibility index (Phi) is 3.01. The van der Waals surface area contributed by atoms with Gasteiger partial charge < -0.3 is 0 Å². The summed E-state index contributed by atoms with van der Waals surface area (Å²) < 4.78 is 37.4. The normalized spacial score (nSPS) is 10.3. The predicted molar refractivity (Wildman–Crippen MR) is 42.1 cm³/mol. The summed E-state index contributed by atoms with van der Waals surface area (Å²) in [5.41, 5.74) is -1.85. The number of aldehydes is 2. The lowest BCUT2D eigenvalue weighted by atomic mass is 10.0. The third-order valence-corrected chi connectivity index (χ3v) is 1.74. The fraction of sp³-hybridized carbons (Fsp3) is 0.111. The van der Waals surface area contributed by atoms with Crippen LogP contribution in [0.2, 0.25) is 0 Å². The third kappa shape index (κ3) is 1.66. The van der Waals surface area contributed by atoms with Crippen LogP contribution in [0.5, 0.6) is 0 Å². The minimum atomic E-state index is -2.91. The summed E-state index contributed by atoms with van der Waals surface area (Å²) in [4.78, 5) is 20.7. The van der Waals surface area contributed by atoms with Gasteiger partial charge in [-0.15, -0.1) is 0 Å². The maximum Gasteiger partial charge on any atom is 0.264 e. The molecule has 0 atom stereocenters. The van der Waals surface area contributed by atoms with Gasteiger partial charge in [0, 0.05) is 11.1 Å². The number of rotatable bonds is 3. The molecule has 0 fully saturated rings. The molecule has 0 radical (unpaired) electrons. The van der Waals surface area contributed by atoms with E-state index >= 15 is 0 Å². The Labute approximate surface area is 77.3 Å². The highest BCUT2D eigenvalue weighted by molar-refractivity contribution is 5.92. The molecule has 0 saturated heterocycles. The molecular formula is C9H5F3O2. The fourth-order valence-corrected chi connectivity index (χ4v) is 1.07. The summed E-state index contributed by atoms with van der Waals surface area (Å²) in [6, 6.07) is 1.52. The number of hydrogen-bond acceptors (Lipinski definition) is 2. The van der Waals surface area contributed by atoms with Crippen molar-refractivity contribution in [3.63, 3.8) is 0 Å². The van der Waals surface area contributed by atoms with E-state index in [9.17, 15) is 22.8 Å². The molecular weight excluding hydrogens is 197 g/mol. The van der Waals surface area contributed by atoms with E-state index in [0.29, 0.717) is 0 Å². The number of carbonyl (C=O) groups is 2. The van der Waals surface area contributed by atoms with E-state index in [1.54, 1.807) is 0 Å². The summed E-state index contributed by atoms with van der Waals surface area (Å²) in [6.07, 6.45) is -2.81. The SMILES string of the molecule is O=Cc1c(F)ccc(C(F)F)c1C=O. The Morgan fingerprint density at radius 2 is 1.64 bits per heavy atom. The smallest absolute Gasteiger partial charge is 0.264 e. The molecule has 0 aliphatic rings. The molecule has 0 aliphatic carbocycles. The summed E-state index contributed by atoms with van der Waals surface area (Å²) in [5.74, 6) is -0.980. The molecule has 0 N–H and O–H groups in total. The second kappa shape index (κ2) is 4.04. The summed E-state index contributed by atoms with van der Waals surface area (Å²) in [5, 5.41) is 0. The largest absolute Gasteiger partial charge is 0.298 e. The molecule has 0 saturated carbocycles. The van der Waals surface area contributed by atoms with Gasteiger partial charge >= 0.3 is 0 Å². The van der Waals surface area contributed by atoms with Crippen LogP contribution in [-0.2, 0) is 0 Å². The highest BCUT2D eigenvalue weighted by Crippen LogP contribution is 2.25. The molecule has 0 bridgehead atoms. The van der Waals surface area contributed by atoms with E-state index in [2.05, 4.69) is 0 Å². The number of carbonyl (C=O) groups excluding carboxylic acids is 2. The zero-order chi connectivity index (χ0) is 10.7. The monoisotopic (exact) mass is 202 g/mol. The molecule has 74 valence electrons. The molecule has 0 aliphatic heterocycles. The van der Waals surface area contributed by atoms with Crippen LogP contribution in [0.4, 0.5) is 13.2 Å². The minimum Gasteiger partial charge on any atom is -0.298 e. The first-order valence-electron chi connectivity index (χ1n) is 3.62. The Morgan fingerprint density at radius 1 is 1.07 bits per heavy atom. The molecule has 1 rings (SSSR count). The second-order valence-corrected chi connectivity index (χ2v) is 2.50. The van der Waals surface area contributed by atoms with Crippen molar-refractivity contribution in [3.05, 3.63) is 34.6 Å². The topological polar surface area (TPSA) is 34.1 Å². The van der Waals surface area contributed by atoms with E-state index in [0.717, 1.165) is 12.1 Å². The van der Waals surface area contributed by atoms with Gasteiger partial charge in [-0.25, -0.2) is 13.2 Å². The maximum absolute atomic E-state index is 12.8. The number of halogens is 3. The molecule has 0 unspecified atom stereocenters. The van der Waals surface area contributed by atoms with E-state index < -0.39 is 28.9 Å². The lowest BCUT2D eigenvalue weighted by molar-refractivity contribution is 0.108. The van der Waals surface area contributed by atoms with E-state index in [1.165, 1.54) is 0 Å². The van der Waals surface area contributed by atoms with Gasteiger partial charge in [0.15, 0.2) is 12.6 Å². The maximum atomic E-state index is 12.8. The molecule has 5 heteroatoms. The van der Waals surface area contributed by atoms with Gasteiger partial charge in [0.25, 0.3) is 6.43 Å². The van der Waals surface area contributed by atoms with Crippen LogP contribution in [0.25, 0.3) is 0 Å². The number of hydrogen-bond donors (Lipinski definition) is 0. The van der Waals surface area contributed by atoms with Crippen LogP contribution in [0.1, 0.15) is 32.7 Å². The van der Waals surface area contributed by atoms with Crippen LogP contribution in [-0.4, -0.2) is 12.6 Å². The van der Waals surface area contributed by atoms with E-state index in [4.69, 9.17) is 0 Å². The van der Waals surface area contributed by atoms with Gasteiger partial charge in [-0.3, -0.25) is 9.59 Å². The minimum absolute atomic E-state index is 0.0466. The van der Waals surface area contributed by atoms with E-state index in [-0.39, 0.29) is 12.6 Å². The van der Waals surface area contributed by atoms with Crippen molar-refractivity contribution < 1.29 is 22.8 Å². The van der Waals surface area contributed by atoms with Crippen LogP contribution in [0, 0.1) is 5.82 Å². The van der Waals surface area contributed by atoms with Crippen LogP contribution in [0.3, 0.4) is 0 Å². The van der Waals surface area contributed by atoms with E-state index in [1.807, 2.05) is 0 Å². The summed E-state index contributed by atoms with van der Waals surface area (Å²) in [7, 11) is 0. The number of benzene rings is 1. The van der Waals surface area contributed by atoms with Crippen molar-refractivity contribution >= 4 is 12.6 Å². The highest BCUT2D eigenvalue weighted by atomic mass is 19.3. The van der Waals surface area contributed by atoms with Crippen molar-refractivity contribution in [2.45, 2.75) is 6.43 Å². The van der Waals surface area contributed by atoms with Crippen LogP contribution in [0.15, 0.2) is 12.1 Å². The quantitative estimate of drug-likeness (QED) is 0.705. The summed E-state index contributed by atoms with van der Waals surface area (Å²) in [6.45, 7) is 0. The Balaban J connectivity index is 3.48. The van der Waals surface area contributed by atoms with Crippen LogP contribution >= 0.6 is 0 Å². The molecule has 1 aromatic rings. The Bertz CT molecular complexity index is 375. The van der Waals surface area contributed by atoms with Crippen molar-refractivity contribution in [1.29, 1.82) is 0 Å². The van der Waals surface area contributed by atoms with Crippen molar-refractivity contribution in [3.8, 4) is 0 Å². The van der Waals surface area contributed by atoms with Crippen LogP contribution < -0.4 is 0 Å². The third-order valence-electron chi connectivity index (χ3n) is 1.74. The van der Waals surface area contributed by atoms with Crippen molar-refractivity contribution in [2.75, 3.05) is 0 Å². The average Bonchev–Trinajstić information content (AvgIpc) is 2.16. The van der Waals surface area contributed by atoms with Gasteiger partial charge in [-0.2, -0.15) is 0 Å². The molecule has 0 amide bonds. The van der Waals surface area contributed by atoms with Crippen molar-refractivity contribution in [1.82, 2.24) is 0 Å². The lowest BCUT2D eigenvalue weighted by Crippen LogP contribution is -2.01. The molecule has 2 nitrogen and oxygen atoms in total. The zero-order valence-electron chi connectivity index (χ0n) is 6.84. The van der Waals surface area contributed by atoms with Gasteiger partial charge in [-0.05, 0) is 12.1 Å². The molecule has 0 aromatic heterocycles. The zero-order valence-corrected chi connectivity index (χ0v) is 6.84. The molecule has 0 spiro atoms. The fourth-order valence-electron chi connectivity index (χ4n) is 1.07. The molecule has 1 aromatic carbocycles. The van der Waals surface area contributed by atoms with Gasteiger partial charge in [0.1, 0.15) is 5.82 Å². The predicted octanol–water partition coefficient (Wildman–Crippen LogP) is 2.39. The standard InChI is InChI=1S/C9H5F3O2/c10-8-2-1-5(9(11)12)6(3-13)7(8)4-14/h1-4,9H. The average molecular weight is 202 g/mol. The first-order chi connectivity index (χ1) is 6.61. The van der Waals surface area contributed by atoms with Gasteiger partial charge in [0.05, 0.1) is 5.56 Å². The number of alkyl halides is 2. The lowest BCUT2D eigenvalue weighted by Gasteiger charge is -2.05. The van der Waals surface area contributed by atoms with Crippen molar-refractivity contribution in [2.24, 2.45) is 0 Å². The summed E-state index contributed by atoms with van der Waals surface area (Å²) >= 11 is 0. The molecule has 0 heterocycles. The first kappa shape index (κ1) is 10.4. The van der Waals surface area contributed by atoms with Gasteiger partial charge in [-0.1, -0.05) is 0 Å². The first-order valence-corrected chi connectivity index (χ1v) is 3.62. The highest BCUT2D eigenvalue weighted by Gasteiger charge is 2.18. The second-order valence-electron chi connectivity index (χ2n) is 2.50. The van der Waals surface area contributed by atoms with Gasteiger partial charge in [0.2, 0.25) is 0 Å².